The molecule has 1 aromatic rings. The fourth-order valence-electron chi connectivity index (χ4n) is 3.13. The number of likely N-dealkylation sites (tertiary alicyclic amines) is 1. The van der Waals surface area contributed by atoms with Gasteiger partial charge in [-0.3, -0.25) is 4.79 Å². The van der Waals surface area contributed by atoms with E-state index in [-0.39, 0.29) is 11.7 Å². The predicted octanol–water partition coefficient (Wildman–Crippen LogP) is 2.23. The summed E-state index contributed by atoms with van der Waals surface area (Å²) in [5, 5.41) is 2.94. The molecule has 0 aliphatic carbocycles. The van der Waals surface area contributed by atoms with Crippen molar-refractivity contribution in [2.24, 2.45) is 0 Å². The molecule has 0 aromatic heterocycles. The third kappa shape index (κ3) is 6.24. The highest BCUT2D eigenvalue weighted by molar-refractivity contribution is 7.89. The first-order valence-electron chi connectivity index (χ1n) is 8.64. The number of sulfone groups is 1. The molecule has 134 valence electrons. The molecule has 1 amide bonds. The number of hydrogen-bond acceptors (Lipinski definition) is 4. The molecule has 0 spiro atoms. The summed E-state index contributed by atoms with van der Waals surface area (Å²) in [4.78, 5) is 14.6. The van der Waals surface area contributed by atoms with Gasteiger partial charge in [-0.25, -0.2) is 8.42 Å². The second-order valence-corrected chi connectivity index (χ2v) is 8.90. The second-order valence-electron chi connectivity index (χ2n) is 6.76. The lowest BCUT2D eigenvalue weighted by Gasteiger charge is -2.33. The first-order valence-corrected chi connectivity index (χ1v) is 10.7. The number of rotatable bonds is 7. The van der Waals surface area contributed by atoms with Gasteiger partial charge < -0.3 is 10.2 Å². The normalized spacial score (nSPS) is 19.2. The smallest absolute Gasteiger partial charge is 0.251 e. The largest absolute Gasteiger partial charge is 0.352 e. The van der Waals surface area contributed by atoms with Crippen molar-refractivity contribution in [3.63, 3.8) is 0 Å². The van der Waals surface area contributed by atoms with E-state index in [0.29, 0.717) is 23.7 Å². The van der Waals surface area contributed by atoms with E-state index >= 15 is 0 Å². The first kappa shape index (κ1) is 18.9. The molecule has 1 N–H and O–H groups in total. The summed E-state index contributed by atoms with van der Waals surface area (Å²) in [6.07, 6.45) is 6.02. The fraction of sp³-hybridized carbons (Fsp3) is 0.611. The van der Waals surface area contributed by atoms with Crippen LogP contribution in [0, 0.1) is 0 Å². The molecule has 0 bridgehead atoms. The average molecular weight is 353 g/mol. The molecule has 0 unspecified atom stereocenters. The molecule has 1 aliphatic heterocycles. The Morgan fingerprint density at radius 2 is 1.96 bits per heavy atom. The summed E-state index contributed by atoms with van der Waals surface area (Å²) < 4.78 is 22.5. The molecule has 1 aromatic carbocycles. The van der Waals surface area contributed by atoms with Crippen molar-refractivity contribution in [3.05, 3.63) is 35.4 Å². The molecular formula is C18H28N2O3S. The molecule has 0 saturated carbocycles. The minimum atomic E-state index is -3.05. The van der Waals surface area contributed by atoms with Crippen molar-refractivity contribution in [1.82, 2.24) is 10.2 Å². The first-order chi connectivity index (χ1) is 11.3. The highest BCUT2D eigenvalue weighted by atomic mass is 32.2. The van der Waals surface area contributed by atoms with Crippen LogP contribution in [0.1, 0.15) is 48.5 Å². The quantitative estimate of drug-likeness (QED) is 0.764. The molecule has 0 radical (unpaired) electrons. The summed E-state index contributed by atoms with van der Waals surface area (Å²) in [5.74, 6) is -0.101. The Bertz CT molecular complexity index is 641. The molecular weight excluding hydrogens is 324 g/mol. The predicted molar refractivity (Wildman–Crippen MR) is 96.8 cm³/mol. The third-order valence-corrected chi connectivity index (χ3v) is 5.35. The van der Waals surface area contributed by atoms with Crippen LogP contribution in [0.25, 0.3) is 0 Å². The van der Waals surface area contributed by atoms with Crippen LogP contribution in [0.2, 0.25) is 0 Å². The van der Waals surface area contributed by atoms with Crippen LogP contribution in [-0.2, 0) is 15.6 Å². The minimum absolute atomic E-state index is 0.00290. The highest BCUT2D eigenvalue weighted by Gasteiger charge is 2.17. The van der Waals surface area contributed by atoms with Crippen molar-refractivity contribution in [1.29, 1.82) is 0 Å². The topological polar surface area (TPSA) is 66.5 Å². The van der Waals surface area contributed by atoms with Crippen molar-refractivity contribution in [2.45, 2.75) is 44.4 Å². The standard InChI is InChI=1S/C18H28N2O3S/c1-15-6-3-4-12-20(15)13-5-11-19-18(21)17-9-7-16(8-10-17)14-24(2,22)23/h7-10,15H,3-6,11-14H2,1-2H3,(H,19,21)/t15-/m1/s1. The van der Waals surface area contributed by atoms with Gasteiger partial charge in [-0.2, -0.15) is 0 Å². The molecule has 1 atom stereocenters. The molecule has 24 heavy (non-hydrogen) atoms. The monoisotopic (exact) mass is 352 g/mol. The van der Waals surface area contributed by atoms with Gasteiger partial charge in [-0.15, -0.1) is 0 Å². The van der Waals surface area contributed by atoms with Gasteiger partial charge in [0.25, 0.3) is 5.91 Å². The summed E-state index contributed by atoms with van der Waals surface area (Å²) in [7, 11) is -3.05. The zero-order chi connectivity index (χ0) is 17.6. The van der Waals surface area contributed by atoms with Crippen molar-refractivity contribution in [3.8, 4) is 0 Å². The maximum absolute atomic E-state index is 12.1. The number of benzene rings is 1. The molecule has 5 nitrogen and oxygen atoms in total. The van der Waals surface area contributed by atoms with Crippen LogP contribution in [0.3, 0.4) is 0 Å². The van der Waals surface area contributed by atoms with Crippen LogP contribution < -0.4 is 5.32 Å². The summed E-state index contributed by atoms with van der Waals surface area (Å²) in [6, 6.07) is 7.42. The molecule has 6 heteroatoms. The van der Waals surface area contributed by atoms with Crippen molar-refractivity contribution in [2.75, 3.05) is 25.9 Å². The number of carbonyl (C=O) groups excluding carboxylic acids is 1. The summed E-state index contributed by atoms with van der Waals surface area (Å²) >= 11 is 0. The van der Waals surface area contributed by atoms with Gasteiger partial charge in [0.05, 0.1) is 5.75 Å². The Morgan fingerprint density at radius 3 is 2.58 bits per heavy atom. The summed E-state index contributed by atoms with van der Waals surface area (Å²) in [5.41, 5.74) is 1.27. The fourth-order valence-corrected chi connectivity index (χ4v) is 3.93. The number of carbonyl (C=O) groups is 1. The van der Waals surface area contributed by atoms with E-state index in [1.807, 2.05) is 0 Å². The van der Waals surface area contributed by atoms with Crippen LogP contribution >= 0.6 is 0 Å². The van der Waals surface area contributed by atoms with Crippen molar-refractivity contribution >= 4 is 15.7 Å². The highest BCUT2D eigenvalue weighted by Crippen LogP contribution is 2.16. The van der Waals surface area contributed by atoms with Gasteiger partial charge in [-0.05, 0) is 50.4 Å². The van der Waals surface area contributed by atoms with Gasteiger partial charge >= 0.3 is 0 Å². The van der Waals surface area contributed by atoms with E-state index in [2.05, 4.69) is 17.1 Å². The molecule has 2 rings (SSSR count). The Labute approximate surface area is 145 Å². The second kappa shape index (κ2) is 8.62. The number of nitrogens with one attached hydrogen (secondary N) is 1. The van der Waals surface area contributed by atoms with Crippen molar-refractivity contribution < 1.29 is 13.2 Å². The minimum Gasteiger partial charge on any atom is -0.352 e. The number of nitrogens with zero attached hydrogens (tertiary/aromatic N) is 1. The SMILES string of the molecule is C[C@@H]1CCCCN1CCCNC(=O)c1ccc(CS(C)(=O)=O)cc1. The number of hydrogen-bond donors (Lipinski definition) is 1. The van der Waals surface area contributed by atoms with Crippen LogP contribution in [0.15, 0.2) is 24.3 Å². The lowest BCUT2D eigenvalue weighted by atomic mass is 10.0. The van der Waals surface area contributed by atoms with E-state index in [9.17, 15) is 13.2 Å². The zero-order valence-electron chi connectivity index (χ0n) is 14.6. The lowest BCUT2D eigenvalue weighted by Crippen LogP contribution is -2.39. The maximum Gasteiger partial charge on any atom is 0.251 e. The van der Waals surface area contributed by atoms with E-state index in [1.54, 1.807) is 24.3 Å². The maximum atomic E-state index is 12.1. The van der Waals surface area contributed by atoms with Gasteiger partial charge in [-0.1, -0.05) is 18.6 Å². The average Bonchev–Trinajstić information content (AvgIpc) is 2.52. The summed E-state index contributed by atoms with van der Waals surface area (Å²) in [6.45, 7) is 5.12. The molecule has 1 heterocycles. The van der Waals surface area contributed by atoms with Crippen LogP contribution in [-0.4, -0.2) is 51.2 Å². The Hall–Kier alpha value is -1.40. The van der Waals surface area contributed by atoms with Crippen LogP contribution in [0.5, 0.6) is 0 Å². The Kier molecular flexibility index (Phi) is 6.80. The lowest BCUT2D eigenvalue weighted by molar-refractivity contribution is 0.0949. The van der Waals surface area contributed by atoms with Gasteiger partial charge in [0, 0.05) is 31.0 Å². The van der Waals surface area contributed by atoms with E-state index < -0.39 is 9.84 Å². The third-order valence-electron chi connectivity index (χ3n) is 4.49. The van der Waals surface area contributed by atoms with E-state index in [1.165, 1.54) is 25.5 Å². The Balaban J connectivity index is 1.74. The Morgan fingerprint density at radius 1 is 1.25 bits per heavy atom. The van der Waals surface area contributed by atoms with Crippen LogP contribution in [0.4, 0.5) is 0 Å². The van der Waals surface area contributed by atoms with Gasteiger partial charge in [0.2, 0.25) is 0 Å². The number of amides is 1. The van der Waals surface area contributed by atoms with E-state index in [0.717, 1.165) is 19.5 Å². The van der Waals surface area contributed by atoms with E-state index in [4.69, 9.17) is 0 Å². The molecule has 1 fully saturated rings. The zero-order valence-corrected chi connectivity index (χ0v) is 15.4. The van der Waals surface area contributed by atoms with Gasteiger partial charge in [0.1, 0.15) is 0 Å². The van der Waals surface area contributed by atoms with Gasteiger partial charge in [0.15, 0.2) is 9.84 Å². The number of piperidine rings is 1. The molecule has 1 aliphatic rings. The molecule has 1 saturated heterocycles.